The number of aliphatic hydroxyl groups is 1. The van der Waals surface area contributed by atoms with Crippen molar-refractivity contribution >= 4 is 5.78 Å². The SMILES string of the molecule is CCCCCc1ccc(C(O)C(=O)c2ccccc2)cc1. The second-order valence-electron chi connectivity index (χ2n) is 5.33. The molecule has 2 heteroatoms. The molecule has 1 unspecified atom stereocenters. The molecule has 0 aromatic heterocycles. The second kappa shape index (κ2) is 7.75. The first-order chi connectivity index (χ1) is 10.2. The van der Waals surface area contributed by atoms with E-state index in [9.17, 15) is 9.90 Å². The fourth-order valence-corrected chi connectivity index (χ4v) is 2.36. The van der Waals surface area contributed by atoms with Gasteiger partial charge in [-0.05, 0) is 24.0 Å². The fraction of sp³-hybridized carbons (Fsp3) is 0.316. The summed E-state index contributed by atoms with van der Waals surface area (Å²) in [5.41, 5.74) is 2.45. The van der Waals surface area contributed by atoms with Crippen LogP contribution in [-0.2, 0) is 6.42 Å². The number of unbranched alkanes of at least 4 members (excludes halogenated alkanes) is 2. The van der Waals surface area contributed by atoms with Crippen LogP contribution in [0.15, 0.2) is 54.6 Å². The van der Waals surface area contributed by atoms with E-state index in [0.717, 1.165) is 6.42 Å². The Kier molecular flexibility index (Phi) is 5.70. The van der Waals surface area contributed by atoms with E-state index in [2.05, 4.69) is 6.92 Å². The number of ketones is 1. The Balaban J connectivity index is 2.02. The minimum Gasteiger partial charge on any atom is -0.380 e. The highest BCUT2D eigenvalue weighted by Crippen LogP contribution is 2.19. The summed E-state index contributed by atoms with van der Waals surface area (Å²) in [6, 6.07) is 16.6. The Bertz CT molecular complexity index is 558. The Morgan fingerprint density at radius 3 is 2.29 bits per heavy atom. The third-order valence-electron chi connectivity index (χ3n) is 3.67. The summed E-state index contributed by atoms with van der Waals surface area (Å²) < 4.78 is 0. The lowest BCUT2D eigenvalue weighted by molar-refractivity contribution is 0.0747. The maximum atomic E-state index is 12.2. The second-order valence-corrected chi connectivity index (χ2v) is 5.33. The van der Waals surface area contributed by atoms with E-state index in [-0.39, 0.29) is 5.78 Å². The first kappa shape index (κ1) is 15.5. The van der Waals surface area contributed by atoms with Crippen LogP contribution in [-0.4, -0.2) is 10.9 Å². The third-order valence-corrected chi connectivity index (χ3v) is 3.67. The first-order valence-corrected chi connectivity index (χ1v) is 7.58. The van der Waals surface area contributed by atoms with Crippen molar-refractivity contribution in [3.8, 4) is 0 Å². The standard InChI is InChI=1S/C19H22O2/c1-2-3-5-8-15-11-13-17(14-12-15)19(21)18(20)16-9-6-4-7-10-16/h4,6-7,9-14,19,21H,2-3,5,8H2,1H3. The number of Topliss-reactive ketones (excluding diaryl/α,β-unsaturated/α-hetero) is 1. The van der Waals surface area contributed by atoms with Crippen LogP contribution in [0.4, 0.5) is 0 Å². The first-order valence-electron chi connectivity index (χ1n) is 7.58. The number of aliphatic hydroxyl groups excluding tert-OH is 1. The predicted octanol–water partition coefficient (Wildman–Crippen LogP) is 4.34. The van der Waals surface area contributed by atoms with Gasteiger partial charge in [0, 0.05) is 5.56 Å². The van der Waals surface area contributed by atoms with Gasteiger partial charge in [0.25, 0.3) is 0 Å². The van der Waals surface area contributed by atoms with Crippen molar-refractivity contribution in [2.75, 3.05) is 0 Å². The third kappa shape index (κ3) is 4.27. The fourth-order valence-electron chi connectivity index (χ4n) is 2.36. The molecule has 0 saturated carbocycles. The van der Waals surface area contributed by atoms with Crippen molar-refractivity contribution in [2.24, 2.45) is 0 Å². The molecule has 2 aromatic rings. The molecule has 0 bridgehead atoms. The van der Waals surface area contributed by atoms with Gasteiger partial charge in [0.2, 0.25) is 0 Å². The average Bonchev–Trinajstić information content (AvgIpc) is 2.55. The Hall–Kier alpha value is -1.93. The van der Waals surface area contributed by atoms with Gasteiger partial charge in [-0.1, -0.05) is 74.4 Å². The molecule has 0 heterocycles. The molecule has 0 radical (unpaired) electrons. The molecule has 2 nitrogen and oxygen atoms in total. The van der Waals surface area contributed by atoms with Crippen LogP contribution in [0, 0.1) is 0 Å². The van der Waals surface area contributed by atoms with Crippen LogP contribution < -0.4 is 0 Å². The van der Waals surface area contributed by atoms with Crippen LogP contribution in [0.1, 0.15) is 53.8 Å². The smallest absolute Gasteiger partial charge is 0.195 e. The van der Waals surface area contributed by atoms with Gasteiger partial charge in [0.1, 0.15) is 6.10 Å². The van der Waals surface area contributed by atoms with Crippen molar-refractivity contribution < 1.29 is 9.90 Å². The van der Waals surface area contributed by atoms with Crippen LogP contribution >= 0.6 is 0 Å². The number of aryl methyl sites for hydroxylation is 1. The normalized spacial score (nSPS) is 12.1. The van der Waals surface area contributed by atoms with E-state index >= 15 is 0 Å². The summed E-state index contributed by atoms with van der Waals surface area (Å²) in [6.07, 6.45) is 3.59. The molecule has 2 rings (SSSR count). The van der Waals surface area contributed by atoms with Crippen molar-refractivity contribution in [3.63, 3.8) is 0 Å². The highest BCUT2D eigenvalue weighted by Gasteiger charge is 2.18. The zero-order valence-corrected chi connectivity index (χ0v) is 12.5. The molecular weight excluding hydrogens is 260 g/mol. The Morgan fingerprint density at radius 1 is 1.00 bits per heavy atom. The summed E-state index contributed by atoms with van der Waals surface area (Å²) >= 11 is 0. The topological polar surface area (TPSA) is 37.3 Å². The summed E-state index contributed by atoms with van der Waals surface area (Å²) in [5, 5.41) is 10.2. The van der Waals surface area contributed by atoms with E-state index in [1.54, 1.807) is 24.3 Å². The molecule has 21 heavy (non-hydrogen) atoms. The van der Waals surface area contributed by atoms with Crippen LogP contribution in [0.3, 0.4) is 0 Å². The summed E-state index contributed by atoms with van der Waals surface area (Å²) in [4.78, 5) is 12.2. The van der Waals surface area contributed by atoms with Crippen molar-refractivity contribution in [1.82, 2.24) is 0 Å². The van der Waals surface area contributed by atoms with Gasteiger partial charge in [-0.3, -0.25) is 4.79 Å². The summed E-state index contributed by atoms with van der Waals surface area (Å²) in [6.45, 7) is 2.19. The maximum absolute atomic E-state index is 12.2. The lowest BCUT2D eigenvalue weighted by Gasteiger charge is -2.11. The zero-order valence-electron chi connectivity index (χ0n) is 12.5. The number of carbonyl (C=O) groups excluding carboxylic acids is 1. The van der Waals surface area contributed by atoms with E-state index in [1.165, 1.54) is 24.8 Å². The quantitative estimate of drug-likeness (QED) is 0.606. The number of rotatable bonds is 7. The molecule has 0 aliphatic rings. The summed E-state index contributed by atoms with van der Waals surface area (Å²) in [7, 11) is 0. The van der Waals surface area contributed by atoms with E-state index in [1.807, 2.05) is 30.3 Å². The van der Waals surface area contributed by atoms with Crippen molar-refractivity contribution in [1.29, 1.82) is 0 Å². The van der Waals surface area contributed by atoms with Crippen molar-refractivity contribution in [3.05, 3.63) is 71.3 Å². The van der Waals surface area contributed by atoms with Gasteiger partial charge < -0.3 is 5.11 Å². The van der Waals surface area contributed by atoms with Crippen LogP contribution in [0.5, 0.6) is 0 Å². The number of hydrogen-bond acceptors (Lipinski definition) is 2. The monoisotopic (exact) mass is 282 g/mol. The molecule has 0 aliphatic carbocycles. The number of carbonyl (C=O) groups is 1. The molecule has 0 fully saturated rings. The minimum atomic E-state index is -1.09. The molecule has 1 N–H and O–H groups in total. The molecular formula is C19H22O2. The highest BCUT2D eigenvalue weighted by atomic mass is 16.3. The minimum absolute atomic E-state index is 0.255. The van der Waals surface area contributed by atoms with Gasteiger partial charge in [-0.25, -0.2) is 0 Å². The molecule has 0 amide bonds. The maximum Gasteiger partial charge on any atom is 0.195 e. The predicted molar refractivity (Wildman–Crippen MR) is 85.4 cm³/mol. The molecule has 0 spiro atoms. The molecule has 2 aromatic carbocycles. The molecule has 110 valence electrons. The Labute approximate surface area is 126 Å². The van der Waals surface area contributed by atoms with E-state index in [0.29, 0.717) is 11.1 Å². The van der Waals surface area contributed by atoms with Crippen molar-refractivity contribution in [2.45, 2.75) is 38.7 Å². The number of benzene rings is 2. The highest BCUT2D eigenvalue weighted by molar-refractivity contribution is 5.99. The van der Waals surface area contributed by atoms with Gasteiger partial charge in [0.15, 0.2) is 5.78 Å². The van der Waals surface area contributed by atoms with Gasteiger partial charge in [0.05, 0.1) is 0 Å². The van der Waals surface area contributed by atoms with Gasteiger partial charge >= 0.3 is 0 Å². The van der Waals surface area contributed by atoms with E-state index < -0.39 is 6.10 Å². The van der Waals surface area contributed by atoms with Gasteiger partial charge in [-0.15, -0.1) is 0 Å². The average molecular weight is 282 g/mol. The summed E-state index contributed by atoms with van der Waals surface area (Å²) in [5.74, 6) is -0.255. The molecule has 1 atom stereocenters. The van der Waals surface area contributed by atoms with Crippen LogP contribution in [0.25, 0.3) is 0 Å². The van der Waals surface area contributed by atoms with E-state index in [4.69, 9.17) is 0 Å². The molecule has 0 aliphatic heterocycles. The molecule has 0 saturated heterocycles. The lowest BCUT2D eigenvalue weighted by atomic mass is 9.98. The van der Waals surface area contributed by atoms with Gasteiger partial charge in [-0.2, -0.15) is 0 Å². The van der Waals surface area contributed by atoms with Crippen LogP contribution in [0.2, 0.25) is 0 Å². The number of hydrogen-bond donors (Lipinski definition) is 1. The largest absolute Gasteiger partial charge is 0.380 e. The zero-order chi connectivity index (χ0) is 15.1. The Morgan fingerprint density at radius 2 is 1.67 bits per heavy atom. The lowest BCUT2D eigenvalue weighted by Crippen LogP contribution is -2.12.